The summed E-state index contributed by atoms with van der Waals surface area (Å²) < 4.78 is 32.0. The van der Waals surface area contributed by atoms with Gasteiger partial charge in [0.25, 0.3) is 5.91 Å². The Kier molecular flexibility index (Phi) is 8.81. The number of aryl methyl sites for hydroxylation is 2. The topological polar surface area (TPSA) is 102 Å². The predicted molar refractivity (Wildman–Crippen MR) is 148 cm³/mol. The van der Waals surface area contributed by atoms with Crippen LogP contribution in [0.3, 0.4) is 0 Å². The van der Waals surface area contributed by atoms with E-state index in [0.717, 1.165) is 22.8 Å². The van der Waals surface area contributed by atoms with Crippen LogP contribution in [-0.4, -0.2) is 60.7 Å². The highest BCUT2D eigenvalue weighted by Gasteiger charge is 2.33. The molecule has 2 N–H and O–H groups in total. The van der Waals surface area contributed by atoms with Crippen molar-refractivity contribution in [2.75, 3.05) is 26.8 Å². The second-order valence-electron chi connectivity index (χ2n) is 10.1. The number of halogens is 1. The van der Waals surface area contributed by atoms with Crippen LogP contribution in [0.15, 0.2) is 41.8 Å². The first kappa shape index (κ1) is 27.9. The maximum Gasteiger partial charge on any atom is 0.258 e. The Morgan fingerprint density at radius 1 is 1.15 bits per heavy atom. The average Bonchev–Trinajstić information content (AvgIpc) is 3.34. The van der Waals surface area contributed by atoms with E-state index < -0.39 is 11.9 Å². The lowest BCUT2D eigenvalue weighted by molar-refractivity contribution is -0.125. The summed E-state index contributed by atoms with van der Waals surface area (Å²) in [5.74, 6) is 0.367. The van der Waals surface area contributed by atoms with Crippen LogP contribution in [-0.2, 0) is 29.1 Å². The van der Waals surface area contributed by atoms with Crippen LogP contribution in [0.5, 0.6) is 17.2 Å². The van der Waals surface area contributed by atoms with Crippen molar-refractivity contribution >= 4 is 23.2 Å². The van der Waals surface area contributed by atoms with Gasteiger partial charge in [-0.1, -0.05) is 6.07 Å². The number of thiazole rings is 1. The number of ether oxygens (including phenoxy) is 3. The molecule has 0 saturated carbocycles. The van der Waals surface area contributed by atoms with Crippen molar-refractivity contribution in [3.63, 3.8) is 0 Å². The molecule has 2 aromatic carbocycles. The van der Waals surface area contributed by atoms with Crippen molar-refractivity contribution in [1.82, 2.24) is 20.5 Å². The molecular weight excluding hydrogens is 535 g/mol. The molecule has 2 aliphatic rings. The van der Waals surface area contributed by atoms with Gasteiger partial charge in [0.2, 0.25) is 5.91 Å². The number of carbonyl (C=O) groups is 2. The lowest BCUT2D eigenvalue weighted by Crippen LogP contribution is -2.57. The van der Waals surface area contributed by atoms with E-state index in [1.807, 2.05) is 18.4 Å². The Balaban J connectivity index is 1.39. The number of piperidine rings is 1. The molecule has 2 amide bonds. The number of methoxy groups -OCH3 is 1. The van der Waals surface area contributed by atoms with Crippen LogP contribution in [0.4, 0.5) is 4.39 Å². The average molecular weight is 569 g/mol. The molecule has 0 spiro atoms. The summed E-state index contributed by atoms with van der Waals surface area (Å²) in [5, 5.41) is 8.99. The molecule has 2 aliphatic heterocycles. The van der Waals surface area contributed by atoms with Gasteiger partial charge in [-0.15, -0.1) is 11.3 Å². The van der Waals surface area contributed by atoms with Gasteiger partial charge in [0, 0.05) is 44.0 Å². The number of hydrogen-bond acceptors (Lipinski definition) is 8. The fraction of sp³-hybridized carbons (Fsp3) is 0.414. The Morgan fingerprint density at radius 3 is 2.83 bits per heavy atom. The van der Waals surface area contributed by atoms with Crippen LogP contribution in [0, 0.1) is 12.7 Å². The number of amides is 2. The van der Waals surface area contributed by atoms with Crippen molar-refractivity contribution in [3.8, 4) is 17.2 Å². The zero-order chi connectivity index (χ0) is 28.1. The number of nitrogens with one attached hydrogen (secondary N) is 2. The fourth-order valence-corrected chi connectivity index (χ4v) is 5.63. The number of hydrogen-bond donors (Lipinski definition) is 2. The number of rotatable bonds is 3. The maximum atomic E-state index is 14.5. The third kappa shape index (κ3) is 7.28. The quantitative estimate of drug-likeness (QED) is 0.500. The van der Waals surface area contributed by atoms with Crippen LogP contribution in [0.2, 0.25) is 0 Å². The lowest BCUT2D eigenvalue weighted by atomic mass is 10.0. The Bertz CT molecular complexity index is 1370. The summed E-state index contributed by atoms with van der Waals surface area (Å²) in [6, 6.07) is 9.48. The third-order valence-corrected chi connectivity index (χ3v) is 7.79. The molecular formula is C29H33FN4O5S. The second-order valence-corrected chi connectivity index (χ2v) is 11.1. The fourth-order valence-electron chi connectivity index (χ4n) is 5.02. The summed E-state index contributed by atoms with van der Waals surface area (Å²) in [4.78, 5) is 32.4. The van der Waals surface area contributed by atoms with Crippen LogP contribution >= 0.6 is 11.3 Å². The van der Waals surface area contributed by atoms with Gasteiger partial charge in [0.05, 0.1) is 23.9 Å². The molecule has 1 saturated heterocycles. The molecule has 5 rings (SSSR count). The lowest BCUT2D eigenvalue weighted by Gasteiger charge is -2.38. The summed E-state index contributed by atoms with van der Waals surface area (Å²) in [7, 11) is 1.54. The number of fused-ring (bicyclic) bond motifs is 5. The molecule has 40 heavy (non-hydrogen) atoms. The molecule has 2 atom stereocenters. The highest BCUT2D eigenvalue weighted by molar-refractivity contribution is 7.09. The summed E-state index contributed by atoms with van der Waals surface area (Å²) in [6.07, 6.45) is 0.936. The number of carbonyl (C=O) groups excluding carboxylic acids is 2. The SMILES string of the molecule is COc1ccc2cc1OCC(=O)N[C@@H]1CN(Cc3csc(C)n3)CC[C@H]1Oc1cc(F)cc(c1)CNC(=O)CC2. The first-order valence-corrected chi connectivity index (χ1v) is 14.2. The van der Waals surface area contributed by atoms with Gasteiger partial charge in [-0.3, -0.25) is 14.5 Å². The number of nitrogens with zero attached hydrogens (tertiary/aromatic N) is 2. The van der Waals surface area contributed by atoms with Crippen molar-refractivity contribution < 1.29 is 28.2 Å². The van der Waals surface area contributed by atoms with Gasteiger partial charge in [-0.25, -0.2) is 9.37 Å². The Labute approximate surface area is 236 Å². The van der Waals surface area contributed by atoms with E-state index in [0.29, 0.717) is 48.7 Å². The van der Waals surface area contributed by atoms with Crippen molar-refractivity contribution in [3.05, 3.63) is 69.4 Å². The predicted octanol–water partition coefficient (Wildman–Crippen LogP) is 3.38. The zero-order valence-corrected chi connectivity index (χ0v) is 23.4. The molecule has 1 aromatic heterocycles. The minimum atomic E-state index is -0.452. The molecule has 0 unspecified atom stereocenters. The van der Waals surface area contributed by atoms with E-state index in [2.05, 4.69) is 20.5 Å². The summed E-state index contributed by atoms with van der Waals surface area (Å²) in [6.45, 7) is 3.85. The molecule has 9 nitrogen and oxygen atoms in total. The molecule has 3 aromatic rings. The molecule has 0 aliphatic carbocycles. The minimum Gasteiger partial charge on any atom is -0.493 e. The second kappa shape index (κ2) is 12.6. The molecule has 4 bridgehead atoms. The number of likely N-dealkylation sites (tertiary alicyclic amines) is 1. The normalized spacial score (nSPS) is 20.6. The molecule has 0 radical (unpaired) electrons. The molecule has 3 heterocycles. The van der Waals surface area contributed by atoms with Crippen LogP contribution in [0.25, 0.3) is 0 Å². The van der Waals surface area contributed by atoms with Crippen molar-refractivity contribution in [2.45, 2.75) is 51.4 Å². The van der Waals surface area contributed by atoms with E-state index in [4.69, 9.17) is 14.2 Å². The first-order valence-electron chi connectivity index (χ1n) is 13.3. The summed E-state index contributed by atoms with van der Waals surface area (Å²) >= 11 is 1.61. The Morgan fingerprint density at radius 2 is 2.02 bits per heavy atom. The van der Waals surface area contributed by atoms with Crippen LogP contribution in [0.1, 0.15) is 34.7 Å². The largest absolute Gasteiger partial charge is 0.493 e. The standard InChI is InChI=1S/C29H33FN4O5S/c1-18-32-22(17-40-18)14-34-8-7-25-24(15-34)33-29(36)16-38-27-11-19(3-5-26(27)37-2)4-6-28(35)31-13-20-9-21(30)12-23(10-20)39-25/h3,5,9-12,17,24-25H,4,6-8,13-16H2,1-2H3,(H,31,35)(H,33,36)/t24-,25-/m1/s1. The minimum absolute atomic E-state index is 0.159. The van der Waals surface area contributed by atoms with Gasteiger partial charge in [0.1, 0.15) is 17.7 Å². The Hall–Kier alpha value is -3.70. The highest BCUT2D eigenvalue weighted by Crippen LogP contribution is 2.29. The molecule has 212 valence electrons. The summed E-state index contributed by atoms with van der Waals surface area (Å²) in [5.41, 5.74) is 2.45. The highest BCUT2D eigenvalue weighted by atomic mass is 32.1. The van der Waals surface area contributed by atoms with E-state index in [1.54, 1.807) is 29.5 Å². The third-order valence-electron chi connectivity index (χ3n) is 6.97. The van der Waals surface area contributed by atoms with Gasteiger partial charge < -0.3 is 24.8 Å². The van der Waals surface area contributed by atoms with E-state index in [9.17, 15) is 14.0 Å². The van der Waals surface area contributed by atoms with E-state index >= 15 is 0 Å². The first-order chi connectivity index (χ1) is 19.3. The zero-order valence-electron chi connectivity index (χ0n) is 22.6. The van der Waals surface area contributed by atoms with Crippen molar-refractivity contribution in [2.24, 2.45) is 0 Å². The molecule has 1 fully saturated rings. The molecule has 11 heteroatoms. The van der Waals surface area contributed by atoms with E-state index in [-0.39, 0.29) is 37.4 Å². The smallest absolute Gasteiger partial charge is 0.258 e. The van der Waals surface area contributed by atoms with Gasteiger partial charge in [-0.05, 0) is 55.2 Å². The van der Waals surface area contributed by atoms with Gasteiger partial charge in [-0.2, -0.15) is 0 Å². The van der Waals surface area contributed by atoms with Crippen molar-refractivity contribution in [1.29, 1.82) is 0 Å². The van der Waals surface area contributed by atoms with Gasteiger partial charge in [0.15, 0.2) is 18.1 Å². The number of aromatic nitrogens is 1. The van der Waals surface area contributed by atoms with Gasteiger partial charge >= 0.3 is 0 Å². The van der Waals surface area contributed by atoms with E-state index in [1.165, 1.54) is 19.2 Å². The maximum absolute atomic E-state index is 14.5. The number of benzene rings is 2. The monoisotopic (exact) mass is 568 g/mol. The van der Waals surface area contributed by atoms with Crippen LogP contribution < -0.4 is 24.8 Å².